The van der Waals surface area contributed by atoms with Gasteiger partial charge >= 0.3 is 0 Å². The molecule has 0 bridgehead atoms. The number of aromatic nitrogens is 1. The lowest BCUT2D eigenvalue weighted by Gasteiger charge is -2.18. The van der Waals surface area contributed by atoms with Crippen molar-refractivity contribution in [1.82, 2.24) is 15.6 Å². The number of hydrogen-bond acceptors (Lipinski definition) is 4. The van der Waals surface area contributed by atoms with Gasteiger partial charge in [0.25, 0.3) is 0 Å². The van der Waals surface area contributed by atoms with Crippen LogP contribution in [0.2, 0.25) is 0 Å². The van der Waals surface area contributed by atoms with Crippen LogP contribution in [0.3, 0.4) is 0 Å². The highest BCUT2D eigenvalue weighted by atomic mass is 16.3. The third kappa shape index (κ3) is 5.84. The SMILES string of the molecule is NCCCC(=O)NC(Cc1c[nH]c2ccc(O)cc12)C(=O)NCCc1ccccc1. The number of hydrogen-bond donors (Lipinski definition) is 5. The third-order valence-corrected chi connectivity index (χ3v) is 4.99. The first-order valence-electron chi connectivity index (χ1n) is 10.2. The number of nitrogens with two attached hydrogens (primary N) is 1. The van der Waals surface area contributed by atoms with E-state index in [1.165, 1.54) is 0 Å². The molecule has 158 valence electrons. The van der Waals surface area contributed by atoms with E-state index in [0.717, 1.165) is 22.0 Å². The number of amides is 2. The molecule has 3 rings (SSSR count). The van der Waals surface area contributed by atoms with E-state index < -0.39 is 6.04 Å². The molecule has 1 aromatic heterocycles. The molecule has 0 fully saturated rings. The number of rotatable bonds is 10. The summed E-state index contributed by atoms with van der Waals surface area (Å²) in [5, 5.41) is 16.4. The lowest BCUT2D eigenvalue weighted by atomic mass is 10.0. The molecule has 0 saturated carbocycles. The maximum absolute atomic E-state index is 12.9. The Kier molecular flexibility index (Phi) is 7.45. The molecule has 30 heavy (non-hydrogen) atoms. The molecule has 0 spiro atoms. The lowest BCUT2D eigenvalue weighted by Crippen LogP contribution is -2.48. The minimum absolute atomic E-state index is 0.152. The van der Waals surface area contributed by atoms with E-state index >= 15 is 0 Å². The van der Waals surface area contributed by atoms with E-state index in [1.54, 1.807) is 24.4 Å². The van der Waals surface area contributed by atoms with E-state index in [1.807, 2.05) is 30.3 Å². The molecule has 3 aromatic rings. The number of aromatic hydroxyl groups is 1. The standard InChI is InChI=1S/C23H28N4O3/c24-11-4-7-22(29)27-21(23(30)25-12-10-16-5-2-1-3-6-16)13-17-15-26-20-9-8-18(28)14-19(17)20/h1-3,5-6,8-9,14-15,21,26,28H,4,7,10-13,24H2,(H,25,30)(H,27,29). The largest absolute Gasteiger partial charge is 0.508 e. The van der Waals surface area contributed by atoms with Crippen LogP contribution in [0.1, 0.15) is 24.0 Å². The quantitative estimate of drug-likeness (QED) is 0.352. The van der Waals surface area contributed by atoms with E-state index in [0.29, 0.717) is 32.4 Å². The summed E-state index contributed by atoms with van der Waals surface area (Å²) < 4.78 is 0. The van der Waals surface area contributed by atoms with Crippen molar-refractivity contribution in [2.75, 3.05) is 13.1 Å². The lowest BCUT2D eigenvalue weighted by molar-refractivity contribution is -0.129. The molecule has 1 unspecified atom stereocenters. The highest BCUT2D eigenvalue weighted by Crippen LogP contribution is 2.24. The summed E-state index contributed by atoms with van der Waals surface area (Å²) in [5.74, 6) is -0.285. The second kappa shape index (κ2) is 10.5. The maximum Gasteiger partial charge on any atom is 0.242 e. The third-order valence-electron chi connectivity index (χ3n) is 4.99. The Balaban J connectivity index is 1.69. The van der Waals surface area contributed by atoms with Crippen molar-refractivity contribution in [3.05, 3.63) is 65.9 Å². The Morgan fingerprint density at radius 1 is 1.13 bits per heavy atom. The van der Waals surface area contributed by atoms with Crippen LogP contribution in [0.25, 0.3) is 10.9 Å². The first-order valence-corrected chi connectivity index (χ1v) is 10.2. The smallest absolute Gasteiger partial charge is 0.242 e. The molecule has 1 heterocycles. The van der Waals surface area contributed by atoms with E-state index in [2.05, 4.69) is 15.6 Å². The first kappa shape index (κ1) is 21.4. The summed E-state index contributed by atoms with van der Waals surface area (Å²) in [6.45, 7) is 0.899. The van der Waals surface area contributed by atoms with Gasteiger partial charge in [-0.3, -0.25) is 9.59 Å². The molecule has 0 radical (unpaired) electrons. The van der Waals surface area contributed by atoms with E-state index in [9.17, 15) is 14.7 Å². The zero-order valence-electron chi connectivity index (χ0n) is 16.9. The monoisotopic (exact) mass is 408 g/mol. The number of fused-ring (bicyclic) bond motifs is 1. The van der Waals surface area contributed by atoms with Gasteiger partial charge in [-0.1, -0.05) is 30.3 Å². The number of nitrogens with one attached hydrogen (secondary N) is 3. The van der Waals surface area contributed by atoms with Crippen molar-refractivity contribution in [1.29, 1.82) is 0 Å². The Labute approximate surface area is 175 Å². The predicted octanol–water partition coefficient (Wildman–Crippen LogP) is 2.00. The Hall–Kier alpha value is -3.32. The average Bonchev–Trinajstić information content (AvgIpc) is 3.14. The Morgan fingerprint density at radius 3 is 2.70 bits per heavy atom. The molecule has 7 heteroatoms. The maximum atomic E-state index is 12.9. The molecule has 6 N–H and O–H groups in total. The topological polar surface area (TPSA) is 120 Å². The molecular formula is C23H28N4O3. The van der Waals surface area contributed by atoms with Crippen LogP contribution >= 0.6 is 0 Å². The first-order chi connectivity index (χ1) is 14.6. The van der Waals surface area contributed by atoms with Crippen LogP contribution < -0.4 is 16.4 Å². The molecular weight excluding hydrogens is 380 g/mol. The number of aromatic amines is 1. The van der Waals surface area contributed by atoms with Crippen LogP contribution in [-0.2, 0) is 22.4 Å². The summed E-state index contributed by atoms with van der Waals surface area (Å²) >= 11 is 0. The number of carbonyl (C=O) groups is 2. The minimum atomic E-state index is -0.715. The molecule has 2 aromatic carbocycles. The van der Waals surface area contributed by atoms with Gasteiger partial charge in [-0.25, -0.2) is 0 Å². The zero-order chi connectivity index (χ0) is 21.3. The van der Waals surface area contributed by atoms with E-state index in [4.69, 9.17) is 5.73 Å². The molecule has 7 nitrogen and oxygen atoms in total. The second-order valence-electron chi connectivity index (χ2n) is 7.29. The van der Waals surface area contributed by atoms with Gasteiger partial charge in [-0.2, -0.15) is 0 Å². The van der Waals surface area contributed by atoms with Crippen LogP contribution in [-0.4, -0.2) is 41.0 Å². The average molecular weight is 409 g/mol. The van der Waals surface area contributed by atoms with Crippen molar-refractivity contribution < 1.29 is 14.7 Å². The summed E-state index contributed by atoms with van der Waals surface area (Å²) in [7, 11) is 0. The van der Waals surface area contributed by atoms with Crippen LogP contribution in [0.4, 0.5) is 0 Å². The van der Waals surface area contributed by atoms with Gasteiger partial charge in [0.2, 0.25) is 11.8 Å². The minimum Gasteiger partial charge on any atom is -0.508 e. The summed E-state index contributed by atoms with van der Waals surface area (Å²) in [5.41, 5.74) is 8.33. The van der Waals surface area contributed by atoms with Crippen molar-refractivity contribution in [2.24, 2.45) is 5.73 Å². The number of carbonyl (C=O) groups excluding carboxylic acids is 2. The summed E-state index contributed by atoms with van der Waals surface area (Å²) in [6, 6.07) is 14.2. The van der Waals surface area contributed by atoms with Gasteiger partial charge in [-0.05, 0) is 48.7 Å². The van der Waals surface area contributed by atoms with Crippen LogP contribution in [0.5, 0.6) is 5.75 Å². The van der Waals surface area contributed by atoms with Gasteiger partial charge in [0.05, 0.1) is 0 Å². The fourth-order valence-electron chi connectivity index (χ4n) is 3.39. The highest BCUT2D eigenvalue weighted by Gasteiger charge is 2.22. The molecule has 1 atom stereocenters. The summed E-state index contributed by atoms with van der Waals surface area (Å²) in [4.78, 5) is 28.3. The van der Waals surface area contributed by atoms with Crippen molar-refractivity contribution >= 4 is 22.7 Å². The van der Waals surface area contributed by atoms with Gasteiger partial charge in [0.1, 0.15) is 11.8 Å². The predicted molar refractivity (Wildman–Crippen MR) is 117 cm³/mol. The fourth-order valence-corrected chi connectivity index (χ4v) is 3.39. The van der Waals surface area contributed by atoms with Crippen molar-refractivity contribution in [3.63, 3.8) is 0 Å². The van der Waals surface area contributed by atoms with Gasteiger partial charge in [0.15, 0.2) is 0 Å². The van der Waals surface area contributed by atoms with Gasteiger partial charge < -0.3 is 26.5 Å². The Bertz CT molecular complexity index is 985. The normalized spacial score (nSPS) is 11.9. The molecule has 0 aliphatic carbocycles. The summed E-state index contributed by atoms with van der Waals surface area (Å²) in [6.07, 6.45) is 3.67. The number of phenols is 1. The molecule has 0 aliphatic rings. The number of H-pyrrole nitrogens is 1. The van der Waals surface area contributed by atoms with Crippen molar-refractivity contribution in [2.45, 2.75) is 31.7 Å². The van der Waals surface area contributed by atoms with Crippen molar-refractivity contribution in [3.8, 4) is 5.75 Å². The second-order valence-corrected chi connectivity index (χ2v) is 7.29. The van der Waals surface area contributed by atoms with Crippen LogP contribution in [0.15, 0.2) is 54.7 Å². The highest BCUT2D eigenvalue weighted by molar-refractivity contribution is 5.90. The fraction of sp³-hybridized carbons (Fsp3) is 0.304. The molecule has 0 aliphatic heterocycles. The Morgan fingerprint density at radius 2 is 1.93 bits per heavy atom. The van der Waals surface area contributed by atoms with Gasteiger partial charge in [-0.15, -0.1) is 0 Å². The molecule has 0 saturated heterocycles. The number of phenolic OH excluding ortho intramolecular Hbond substituents is 1. The van der Waals surface area contributed by atoms with E-state index in [-0.39, 0.29) is 24.0 Å². The van der Waals surface area contributed by atoms with Crippen LogP contribution in [0, 0.1) is 0 Å². The zero-order valence-corrected chi connectivity index (χ0v) is 16.9. The van der Waals surface area contributed by atoms with Gasteiger partial charge in [0, 0.05) is 36.5 Å². The molecule has 2 amide bonds. The number of benzene rings is 2.